The highest BCUT2D eigenvalue weighted by Crippen LogP contribution is 2.34. The van der Waals surface area contributed by atoms with Crippen LogP contribution < -0.4 is 0 Å². The minimum atomic E-state index is -0.207. The van der Waals surface area contributed by atoms with Crippen LogP contribution in [0.5, 0.6) is 0 Å². The lowest BCUT2D eigenvalue weighted by atomic mass is 9.88. The van der Waals surface area contributed by atoms with Crippen LogP contribution in [-0.4, -0.2) is 61.9 Å². The zero-order valence-electron chi connectivity index (χ0n) is 20.6. The first-order chi connectivity index (χ1) is 17.2. The molecule has 2 fully saturated rings. The van der Waals surface area contributed by atoms with E-state index in [2.05, 4.69) is 47.4 Å². The molecule has 2 heterocycles. The number of benzene rings is 2. The Balaban J connectivity index is 1.22. The van der Waals surface area contributed by atoms with Gasteiger partial charge in [-0.05, 0) is 37.5 Å². The molecular weight excluding hydrogens is 454 g/mol. The second-order valence-corrected chi connectivity index (χ2v) is 11.0. The minimum Gasteiger partial charge on any atom is -0.339 e. The fourth-order valence-electron chi connectivity index (χ4n) is 5.17. The van der Waals surface area contributed by atoms with E-state index in [1.165, 1.54) is 36.6 Å². The van der Waals surface area contributed by atoms with Crippen LogP contribution in [0.3, 0.4) is 0 Å². The van der Waals surface area contributed by atoms with Crippen molar-refractivity contribution < 1.29 is 4.79 Å². The van der Waals surface area contributed by atoms with Gasteiger partial charge in [0.05, 0.1) is 10.9 Å². The molecule has 0 unspecified atom stereocenters. The van der Waals surface area contributed by atoms with Gasteiger partial charge in [0.25, 0.3) is 0 Å². The number of nitrogens with zero attached hydrogens (tertiary/aromatic N) is 5. The van der Waals surface area contributed by atoms with E-state index in [9.17, 15) is 4.79 Å². The Kier molecular flexibility index (Phi) is 7.84. The molecule has 1 aliphatic heterocycles. The van der Waals surface area contributed by atoms with Gasteiger partial charge in [-0.3, -0.25) is 9.69 Å². The van der Waals surface area contributed by atoms with E-state index in [1.807, 2.05) is 34.7 Å². The molecule has 6 nitrogen and oxygen atoms in total. The van der Waals surface area contributed by atoms with E-state index in [4.69, 9.17) is 10.1 Å². The largest absolute Gasteiger partial charge is 0.339 e. The maximum absolute atomic E-state index is 13.3. The normalized spacial score (nSPS) is 18.5. The Labute approximate surface area is 212 Å². The zero-order chi connectivity index (χ0) is 24.0. The predicted octanol–water partition coefficient (Wildman–Crippen LogP) is 5.14. The lowest BCUT2D eigenvalue weighted by Crippen LogP contribution is -2.50. The number of rotatable bonds is 7. The van der Waals surface area contributed by atoms with Crippen molar-refractivity contribution in [2.75, 3.05) is 26.2 Å². The molecular formula is C28H35N5OS. The van der Waals surface area contributed by atoms with Gasteiger partial charge in [0.2, 0.25) is 11.1 Å². The molecule has 1 saturated heterocycles. The molecule has 5 rings (SSSR count). The standard InChI is InChI=1S/C28H35N5OS/c1-22(27(34)32-19-17-31(18-20-32)21-23-11-5-2-6-12-23)35-28-29-26(24-13-7-3-8-14-24)33(30-28)25-15-9-4-10-16-25/h2,4-6,9-12,15-16,22,24H,3,7-8,13-14,17-21H2,1H3/t22-/m0/s1. The van der Waals surface area contributed by atoms with Gasteiger partial charge < -0.3 is 4.90 Å². The fraction of sp³-hybridized carbons (Fsp3) is 0.464. The third-order valence-electron chi connectivity index (χ3n) is 7.15. The number of hydrogen-bond acceptors (Lipinski definition) is 5. The summed E-state index contributed by atoms with van der Waals surface area (Å²) in [5.74, 6) is 1.67. The lowest BCUT2D eigenvalue weighted by Gasteiger charge is -2.35. The van der Waals surface area contributed by atoms with Gasteiger partial charge in [-0.15, -0.1) is 5.10 Å². The van der Waals surface area contributed by atoms with Gasteiger partial charge >= 0.3 is 0 Å². The van der Waals surface area contributed by atoms with Gasteiger partial charge in [-0.25, -0.2) is 9.67 Å². The predicted molar refractivity (Wildman–Crippen MR) is 141 cm³/mol. The molecule has 0 spiro atoms. The number of piperazine rings is 1. The molecule has 35 heavy (non-hydrogen) atoms. The number of aromatic nitrogens is 3. The molecule has 0 radical (unpaired) electrons. The van der Waals surface area contributed by atoms with E-state index < -0.39 is 0 Å². The van der Waals surface area contributed by atoms with Crippen LogP contribution >= 0.6 is 11.8 Å². The summed E-state index contributed by atoms with van der Waals surface area (Å²) in [6.45, 7) is 6.30. The highest BCUT2D eigenvalue weighted by molar-refractivity contribution is 8.00. The van der Waals surface area contributed by atoms with Crippen molar-refractivity contribution >= 4 is 17.7 Å². The number of carbonyl (C=O) groups excluding carboxylic acids is 1. The average molecular weight is 490 g/mol. The number of amides is 1. The summed E-state index contributed by atoms with van der Waals surface area (Å²) in [6.07, 6.45) is 6.14. The van der Waals surface area contributed by atoms with Gasteiger partial charge in [0, 0.05) is 38.6 Å². The second-order valence-electron chi connectivity index (χ2n) is 9.68. The Hall–Kier alpha value is -2.64. The zero-order valence-corrected chi connectivity index (χ0v) is 21.4. The van der Waals surface area contributed by atoms with E-state index in [1.54, 1.807) is 0 Å². The summed E-state index contributed by atoms with van der Waals surface area (Å²) >= 11 is 1.49. The molecule has 3 aromatic rings. The third-order valence-corrected chi connectivity index (χ3v) is 8.09. The SMILES string of the molecule is C[C@H](Sc1nc(C2CCCCC2)n(-c2ccccc2)n1)C(=O)N1CCN(Cc2ccccc2)CC1. The molecule has 7 heteroatoms. The van der Waals surface area contributed by atoms with Gasteiger partial charge in [0.1, 0.15) is 5.82 Å². The Bertz CT molecular complexity index is 1090. The summed E-state index contributed by atoms with van der Waals surface area (Å²) in [4.78, 5) is 22.7. The fourth-order valence-corrected chi connectivity index (χ4v) is 6.01. The van der Waals surface area contributed by atoms with E-state index in [0.717, 1.165) is 57.1 Å². The van der Waals surface area contributed by atoms with Crippen molar-refractivity contribution in [3.63, 3.8) is 0 Å². The molecule has 184 valence electrons. The van der Waals surface area contributed by atoms with Gasteiger partial charge in [0.15, 0.2) is 0 Å². The molecule has 2 aliphatic rings. The summed E-state index contributed by atoms with van der Waals surface area (Å²) in [6, 6.07) is 20.8. The first kappa shape index (κ1) is 24.1. The van der Waals surface area contributed by atoms with Crippen molar-refractivity contribution in [3.8, 4) is 5.69 Å². The van der Waals surface area contributed by atoms with Crippen LogP contribution in [0.2, 0.25) is 0 Å². The summed E-state index contributed by atoms with van der Waals surface area (Å²) in [5, 5.41) is 5.37. The number of carbonyl (C=O) groups is 1. The summed E-state index contributed by atoms with van der Waals surface area (Å²) < 4.78 is 2.01. The number of hydrogen-bond donors (Lipinski definition) is 0. The van der Waals surface area contributed by atoms with Gasteiger partial charge in [-0.2, -0.15) is 0 Å². The molecule has 1 aromatic heterocycles. The molecule has 1 amide bonds. The van der Waals surface area contributed by atoms with Crippen LogP contribution in [0.25, 0.3) is 5.69 Å². The third kappa shape index (κ3) is 5.96. The topological polar surface area (TPSA) is 54.3 Å². The Morgan fingerprint density at radius 1 is 0.943 bits per heavy atom. The van der Waals surface area contributed by atoms with Crippen molar-refractivity contribution in [1.82, 2.24) is 24.6 Å². The maximum atomic E-state index is 13.3. The quantitative estimate of drug-likeness (QED) is 0.430. The van der Waals surface area contributed by atoms with Crippen molar-refractivity contribution in [2.24, 2.45) is 0 Å². The lowest BCUT2D eigenvalue weighted by molar-refractivity contribution is -0.132. The Morgan fingerprint density at radius 3 is 2.29 bits per heavy atom. The van der Waals surface area contributed by atoms with E-state index in [0.29, 0.717) is 11.1 Å². The van der Waals surface area contributed by atoms with Crippen molar-refractivity contribution in [3.05, 3.63) is 72.1 Å². The molecule has 1 aliphatic carbocycles. The first-order valence-electron chi connectivity index (χ1n) is 12.9. The smallest absolute Gasteiger partial charge is 0.235 e. The molecule has 1 saturated carbocycles. The van der Waals surface area contributed by atoms with Crippen LogP contribution in [0.15, 0.2) is 65.8 Å². The van der Waals surface area contributed by atoms with E-state index >= 15 is 0 Å². The van der Waals surface area contributed by atoms with Crippen LogP contribution in [0.1, 0.15) is 56.3 Å². The molecule has 0 N–H and O–H groups in total. The molecule has 0 bridgehead atoms. The summed E-state index contributed by atoms with van der Waals surface area (Å²) in [7, 11) is 0. The van der Waals surface area contributed by atoms with Gasteiger partial charge in [-0.1, -0.05) is 79.6 Å². The van der Waals surface area contributed by atoms with Crippen molar-refractivity contribution in [1.29, 1.82) is 0 Å². The highest BCUT2D eigenvalue weighted by Gasteiger charge is 2.28. The second kappa shape index (κ2) is 11.4. The van der Waals surface area contributed by atoms with Crippen molar-refractivity contribution in [2.45, 2.75) is 61.9 Å². The maximum Gasteiger partial charge on any atom is 0.235 e. The molecule has 1 atom stereocenters. The molecule has 2 aromatic carbocycles. The average Bonchev–Trinajstić information content (AvgIpc) is 3.34. The summed E-state index contributed by atoms with van der Waals surface area (Å²) in [5.41, 5.74) is 2.37. The van der Waals surface area contributed by atoms with E-state index in [-0.39, 0.29) is 11.2 Å². The van der Waals surface area contributed by atoms with Crippen LogP contribution in [0.4, 0.5) is 0 Å². The monoisotopic (exact) mass is 489 g/mol. The first-order valence-corrected chi connectivity index (χ1v) is 13.8. The number of para-hydroxylation sites is 1. The number of thioether (sulfide) groups is 1. The van der Waals surface area contributed by atoms with Crippen LogP contribution in [-0.2, 0) is 11.3 Å². The Morgan fingerprint density at radius 2 is 1.60 bits per heavy atom. The van der Waals surface area contributed by atoms with Crippen LogP contribution in [0, 0.1) is 0 Å². The minimum absolute atomic E-state index is 0.185. The highest BCUT2D eigenvalue weighted by atomic mass is 32.2.